The van der Waals surface area contributed by atoms with E-state index in [4.69, 9.17) is 0 Å². The highest BCUT2D eigenvalue weighted by Gasteiger charge is 2.01. The summed E-state index contributed by atoms with van der Waals surface area (Å²) in [7, 11) is 3.41. The van der Waals surface area contributed by atoms with E-state index in [0.717, 1.165) is 13.0 Å². The molecule has 0 radical (unpaired) electrons. The smallest absolute Gasteiger partial charge is 0.316 e. The van der Waals surface area contributed by atoms with Gasteiger partial charge < -0.3 is 16.4 Å². The number of nitrogens with one attached hydrogen (secondary N) is 1. The number of hydrogen-bond acceptors (Lipinski definition) is 2. The van der Waals surface area contributed by atoms with Crippen molar-refractivity contribution in [2.45, 2.75) is 13.3 Å². The first-order valence-corrected chi connectivity index (χ1v) is 3.15. The molecule has 0 saturated carbocycles. The van der Waals surface area contributed by atoms with Gasteiger partial charge in [-0.15, -0.1) is 0 Å². The molecule has 0 aliphatic carbocycles. The van der Waals surface area contributed by atoms with Crippen LogP contribution in [0.2, 0.25) is 0 Å². The maximum atomic E-state index is 10.7. The van der Waals surface area contributed by atoms with Crippen molar-refractivity contribution >= 4 is 6.03 Å². The van der Waals surface area contributed by atoms with E-state index in [-0.39, 0.29) is 12.2 Å². The zero-order chi connectivity index (χ0) is 7.28. The average molecular weight is 147 g/mol. The van der Waals surface area contributed by atoms with Crippen LogP contribution >= 0.6 is 0 Å². The van der Waals surface area contributed by atoms with Crippen LogP contribution in [0.1, 0.15) is 13.3 Å². The minimum absolute atomic E-state index is 0. The number of carbonyl (C=O) groups excluding carboxylic acids is 1. The molecule has 0 heterocycles. The Morgan fingerprint density at radius 3 is 2.40 bits per heavy atom. The summed E-state index contributed by atoms with van der Waals surface area (Å²) < 4.78 is 0. The van der Waals surface area contributed by atoms with Gasteiger partial charge in [0, 0.05) is 20.6 Å². The molecule has 62 valence electrons. The quantitative estimate of drug-likeness (QED) is 0.607. The fraction of sp³-hybridized carbons (Fsp3) is 0.833. The van der Waals surface area contributed by atoms with Gasteiger partial charge in [-0.3, -0.25) is 0 Å². The topological polar surface area (TPSA) is 67.3 Å². The number of rotatable bonds is 2. The summed E-state index contributed by atoms with van der Waals surface area (Å²) in [5, 5.41) is 2.54. The van der Waals surface area contributed by atoms with Crippen LogP contribution in [0.25, 0.3) is 0 Å². The van der Waals surface area contributed by atoms with Crippen LogP contribution in [-0.4, -0.2) is 31.6 Å². The van der Waals surface area contributed by atoms with E-state index in [1.165, 1.54) is 0 Å². The second-order valence-corrected chi connectivity index (χ2v) is 1.98. The minimum Gasteiger partial charge on any atom is -0.344 e. The van der Waals surface area contributed by atoms with Gasteiger partial charge in [0.05, 0.1) is 0 Å². The van der Waals surface area contributed by atoms with Crippen molar-refractivity contribution in [2.75, 3.05) is 20.6 Å². The van der Waals surface area contributed by atoms with Gasteiger partial charge in [-0.1, -0.05) is 6.92 Å². The molecule has 0 fully saturated rings. The molecule has 4 nitrogen and oxygen atoms in total. The first-order valence-electron chi connectivity index (χ1n) is 3.15. The number of urea groups is 1. The fourth-order valence-corrected chi connectivity index (χ4v) is 0.628. The van der Waals surface area contributed by atoms with Crippen LogP contribution in [0.4, 0.5) is 4.79 Å². The first-order chi connectivity index (χ1) is 4.22. The zero-order valence-corrected chi connectivity index (χ0v) is 6.98. The Hall–Kier alpha value is -0.770. The summed E-state index contributed by atoms with van der Waals surface area (Å²) in [6.07, 6.45) is 1.00. The van der Waals surface area contributed by atoms with E-state index >= 15 is 0 Å². The number of hydrogen-bond donors (Lipinski definition) is 2. The van der Waals surface area contributed by atoms with Gasteiger partial charge in [-0.2, -0.15) is 0 Å². The van der Waals surface area contributed by atoms with Crippen LogP contribution in [0.5, 0.6) is 0 Å². The lowest BCUT2D eigenvalue weighted by molar-refractivity contribution is 0.211. The Balaban J connectivity index is 0. The maximum Gasteiger partial charge on any atom is 0.316 e. The second-order valence-electron chi connectivity index (χ2n) is 1.98. The highest BCUT2D eigenvalue weighted by atomic mass is 16.2. The van der Waals surface area contributed by atoms with Crippen molar-refractivity contribution in [3.63, 3.8) is 0 Å². The first kappa shape index (κ1) is 12.0. The summed E-state index contributed by atoms with van der Waals surface area (Å²) in [6.45, 7) is 2.86. The normalized spacial score (nSPS) is 7.90. The van der Waals surface area contributed by atoms with E-state index < -0.39 is 0 Å². The molecule has 0 saturated heterocycles. The van der Waals surface area contributed by atoms with Crippen molar-refractivity contribution in [2.24, 2.45) is 0 Å². The standard InChI is InChI=1S/C6H14N2O.H3N/c1-4-5-8(3)6(9)7-2;/h4-5H2,1-3H3,(H,7,9);1H3. The van der Waals surface area contributed by atoms with Crippen molar-refractivity contribution in [3.8, 4) is 0 Å². The molecule has 0 aliphatic rings. The van der Waals surface area contributed by atoms with E-state index in [9.17, 15) is 4.79 Å². The molecule has 0 spiro atoms. The van der Waals surface area contributed by atoms with E-state index in [0.29, 0.717) is 0 Å². The van der Waals surface area contributed by atoms with Gasteiger partial charge in [0.25, 0.3) is 0 Å². The zero-order valence-electron chi connectivity index (χ0n) is 6.98. The molecule has 0 atom stereocenters. The Morgan fingerprint density at radius 2 is 2.10 bits per heavy atom. The largest absolute Gasteiger partial charge is 0.344 e. The molecule has 0 aromatic heterocycles. The predicted octanol–water partition coefficient (Wildman–Crippen LogP) is 0.830. The van der Waals surface area contributed by atoms with E-state index in [2.05, 4.69) is 5.32 Å². The van der Waals surface area contributed by atoms with Crippen LogP contribution in [0.3, 0.4) is 0 Å². The second kappa shape index (κ2) is 6.35. The van der Waals surface area contributed by atoms with Gasteiger partial charge in [0.2, 0.25) is 0 Å². The van der Waals surface area contributed by atoms with Gasteiger partial charge in [-0.25, -0.2) is 4.79 Å². The predicted molar refractivity (Wildman–Crippen MR) is 42.4 cm³/mol. The summed E-state index contributed by atoms with van der Waals surface area (Å²) >= 11 is 0. The molecule has 0 aromatic rings. The van der Waals surface area contributed by atoms with E-state index in [1.807, 2.05) is 6.92 Å². The summed E-state index contributed by atoms with van der Waals surface area (Å²) in [6, 6.07) is -0.0168. The SMILES string of the molecule is CCCN(C)C(=O)NC.N. The Labute approximate surface area is 62.2 Å². The molecule has 2 amide bonds. The Morgan fingerprint density at radius 1 is 1.60 bits per heavy atom. The number of amides is 2. The molecule has 10 heavy (non-hydrogen) atoms. The van der Waals surface area contributed by atoms with Gasteiger partial charge in [0.15, 0.2) is 0 Å². The lowest BCUT2D eigenvalue weighted by atomic mass is 10.4. The molecule has 0 aliphatic heterocycles. The molecule has 4 N–H and O–H groups in total. The third kappa shape index (κ3) is 4.14. The van der Waals surface area contributed by atoms with Gasteiger partial charge in [-0.05, 0) is 6.42 Å². The molecule has 4 heteroatoms. The van der Waals surface area contributed by atoms with Gasteiger partial charge in [0.1, 0.15) is 0 Å². The average Bonchev–Trinajstić information content (AvgIpc) is 1.87. The van der Waals surface area contributed by atoms with Crippen molar-refractivity contribution in [3.05, 3.63) is 0 Å². The van der Waals surface area contributed by atoms with Crippen molar-refractivity contribution < 1.29 is 4.79 Å². The number of carbonyl (C=O) groups is 1. The molecule has 0 aromatic carbocycles. The molecular formula is C6H17N3O. The molecule has 0 rings (SSSR count). The lowest BCUT2D eigenvalue weighted by Crippen LogP contribution is -2.35. The molecular weight excluding hydrogens is 130 g/mol. The molecule has 0 unspecified atom stereocenters. The van der Waals surface area contributed by atoms with E-state index in [1.54, 1.807) is 19.0 Å². The highest BCUT2D eigenvalue weighted by molar-refractivity contribution is 5.73. The Bertz CT molecular complexity index is 95.0. The summed E-state index contributed by atoms with van der Waals surface area (Å²) in [4.78, 5) is 12.4. The monoisotopic (exact) mass is 147 g/mol. The third-order valence-corrected chi connectivity index (χ3v) is 1.12. The fourth-order valence-electron chi connectivity index (χ4n) is 0.628. The highest BCUT2D eigenvalue weighted by Crippen LogP contribution is 1.84. The van der Waals surface area contributed by atoms with Crippen LogP contribution in [0.15, 0.2) is 0 Å². The maximum absolute atomic E-state index is 10.7. The van der Waals surface area contributed by atoms with Gasteiger partial charge >= 0.3 is 6.03 Å². The lowest BCUT2D eigenvalue weighted by Gasteiger charge is -2.14. The molecule has 0 bridgehead atoms. The van der Waals surface area contributed by atoms with Crippen LogP contribution in [0, 0.1) is 0 Å². The summed E-state index contributed by atoms with van der Waals surface area (Å²) in [5.41, 5.74) is 0. The minimum atomic E-state index is -0.0168. The Kier molecular flexibility index (Phi) is 7.60. The summed E-state index contributed by atoms with van der Waals surface area (Å²) in [5.74, 6) is 0. The number of nitrogens with zero attached hydrogens (tertiary/aromatic N) is 1. The third-order valence-electron chi connectivity index (χ3n) is 1.12. The van der Waals surface area contributed by atoms with Crippen molar-refractivity contribution in [1.82, 2.24) is 16.4 Å². The van der Waals surface area contributed by atoms with Crippen LogP contribution in [-0.2, 0) is 0 Å². The van der Waals surface area contributed by atoms with Crippen molar-refractivity contribution in [1.29, 1.82) is 0 Å². The van der Waals surface area contributed by atoms with Crippen LogP contribution < -0.4 is 11.5 Å².